The number of esters is 1. The molecule has 0 bridgehead atoms. The predicted octanol–water partition coefficient (Wildman–Crippen LogP) is 5.82. The highest BCUT2D eigenvalue weighted by molar-refractivity contribution is 6.34. The lowest BCUT2D eigenvalue weighted by Gasteiger charge is -2.12. The van der Waals surface area contributed by atoms with Gasteiger partial charge in [-0.25, -0.2) is 4.79 Å². The summed E-state index contributed by atoms with van der Waals surface area (Å²) in [7, 11) is 1.54. The van der Waals surface area contributed by atoms with Gasteiger partial charge in [-0.2, -0.15) is 5.26 Å². The van der Waals surface area contributed by atoms with E-state index in [1.54, 1.807) is 74.5 Å². The minimum atomic E-state index is -0.600. The third kappa shape index (κ3) is 6.40. The summed E-state index contributed by atoms with van der Waals surface area (Å²) >= 11 is 6.17. The molecule has 0 unspecified atom stereocenters. The van der Waals surface area contributed by atoms with Crippen LogP contribution in [0.3, 0.4) is 0 Å². The van der Waals surface area contributed by atoms with E-state index in [2.05, 4.69) is 5.32 Å². The molecule has 3 aromatic rings. The zero-order valence-corrected chi connectivity index (χ0v) is 20.2. The molecule has 8 heteroatoms. The Labute approximate surface area is 208 Å². The van der Waals surface area contributed by atoms with Crippen molar-refractivity contribution in [2.24, 2.45) is 0 Å². The molecule has 0 saturated carbocycles. The number of halogens is 1. The summed E-state index contributed by atoms with van der Waals surface area (Å²) in [4.78, 5) is 25.3. The molecule has 3 rings (SSSR count). The van der Waals surface area contributed by atoms with Crippen LogP contribution >= 0.6 is 11.6 Å². The van der Waals surface area contributed by atoms with E-state index >= 15 is 0 Å². The van der Waals surface area contributed by atoms with Crippen molar-refractivity contribution in [2.75, 3.05) is 19.0 Å². The molecule has 0 fully saturated rings. The second kappa shape index (κ2) is 11.7. The second-order valence-corrected chi connectivity index (χ2v) is 7.72. The largest absolute Gasteiger partial charge is 0.497 e. The van der Waals surface area contributed by atoms with Crippen LogP contribution in [0.2, 0.25) is 5.02 Å². The van der Waals surface area contributed by atoms with Crippen LogP contribution in [0.5, 0.6) is 17.2 Å². The Morgan fingerprint density at radius 1 is 1.09 bits per heavy atom. The van der Waals surface area contributed by atoms with Crippen LogP contribution in [0.15, 0.2) is 66.2 Å². The number of anilines is 1. The number of nitrogens with zero attached hydrogens (tertiary/aromatic N) is 1. The first-order chi connectivity index (χ1) is 16.9. The van der Waals surface area contributed by atoms with Crippen molar-refractivity contribution in [3.05, 3.63) is 87.9 Å². The molecule has 3 aromatic carbocycles. The third-order valence-electron chi connectivity index (χ3n) is 4.93. The van der Waals surface area contributed by atoms with E-state index in [-0.39, 0.29) is 11.3 Å². The Morgan fingerprint density at radius 2 is 1.83 bits per heavy atom. The first-order valence-corrected chi connectivity index (χ1v) is 11.1. The molecular formula is C27H23ClN2O5. The lowest BCUT2D eigenvalue weighted by atomic mass is 10.1. The Hall–Kier alpha value is -4.28. The van der Waals surface area contributed by atoms with E-state index in [1.165, 1.54) is 13.2 Å². The molecule has 1 N–H and O–H groups in total. The quantitative estimate of drug-likeness (QED) is 0.185. The molecule has 0 aliphatic carbocycles. The average Bonchev–Trinajstić information content (AvgIpc) is 2.86. The maximum Gasteiger partial charge on any atom is 0.343 e. The van der Waals surface area contributed by atoms with Crippen molar-refractivity contribution in [1.29, 1.82) is 5.26 Å². The van der Waals surface area contributed by atoms with Gasteiger partial charge in [-0.1, -0.05) is 29.8 Å². The van der Waals surface area contributed by atoms with Crippen molar-refractivity contribution in [3.63, 3.8) is 0 Å². The van der Waals surface area contributed by atoms with Crippen LogP contribution in [0, 0.1) is 18.3 Å². The van der Waals surface area contributed by atoms with E-state index in [9.17, 15) is 14.9 Å². The fourth-order valence-electron chi connectivity index (χ4n) is 3.14. The van der Waals surface area contributed by atoms with Crippen molar-refractivity contribution >= 4 is 35.2 Å². The van der Waals surface area contributed by atoms with Crippen molar-refractivity contribution < 1.29 is 23.8 Å². The number of carbonyl (C=O) groups is 2. The Bertz CT molecular complexity index is 1290. The molecular weight excluding hydrogens is 468 g/mol. The second-order valence-electron chi connectivity index (χ2n) is 7.31. The van der Waals surface area contributed by atoms with Gasteiger partial charge in [0.05, 0.1) is 30.0 Å². The van der Waals surface area contributed by atoms with Crippen LogP contribution in [0.1, 0.15) is 28.4 Å². The average molecular weight is 491 g/mol. The summed E-state index contributed by atoms with van der Waals surface area (Å²) in [5, 5.41) is 12.6. The van der Waals surface area contributed by atoms with Gasteiger partial charge >= 0.3 is 5.97 Å². The maximum absolute atomic E-state index is 12.7. The van der Waals surface area contributed by atoms with E-state index in [4.69, 9.17) is 25.8 Å². The van der Waals surface area contributed by atoms with Gasteiger partial charge in [0, 0.05) is 0 Å². The minimum absolute atomic E-state index is 0.130. The normalized spacial score (nSPS) is 10.8. The molecule has 0 heterocycles. The minimum Gasteiger partial charge on any atom is -0.497 e. The van der Waals surface area contributed by atoms with E-state index < -0.39 is 11.9 Å². The molecule has 178 valence electrons. The Kier molecular flexibility index (Phi) is 8.49. The summed E-state index contributed by atoms with van der Waals surface area (Å²) in [6.07, 6.45) is 1.42. The Balaban J connectivity index is 1.83. The van der Waals surface area contributed by atoms with Crippen molar-refractivity contribution in [2.45, 2.75) is 13.8 Å². The molecule has 0 aliphatic heterocycles. The fourth-order valence-corrected chi connectivity index (χ4v) is 3.41. The number of nitrogens with one attached hydrogen (secondary N) is 1. The molecule has 1 amide bonds. The lowest BCUT2D eigenvalue weighted by Crippen LogP contribution is -2.14. The maximum atomic E-state index is 12.7. The molecule has 0 aromatic heterocycles. The number of hydrogen-bond donors (Lipinski definition) is 1. The zero-order valence-electron chi connectivity index (χ0n) is 19.4. The van der Waals surface area contributed by atoms with E-state index in [1.807, 2.05) is 6.07 Å². The number of para-hydroxylation sites is 1. The molecule has 0 radical (unpaired) electrons. The highest BCUT2D eigenvalue weighted by Gasteiger charge is 2.16. The zero-order chi connectivity index (χ0) is 25.4. The third-order valence-corrected chi connectivity index (χ3v) is 5.25. The molecule has 7 nitrogen and oxygen atoms in total. The van der Waals surface area contributed by atoms with Gasteiger partial charge in [-0.15, -0.1) is 0 Å². The lowest BCUT2D eigenvalue weighted by molar-refractivity contribution is -0.112. The van der Waals surface area contributed by atoms with Gasteiger partial charge in [0.25, 0.3) is 5.91 Å². The molecule has 0 aliphatic rings. The van der Waals surface area contributed by atoms with Gasteiger partial charge in [-0.05, 0) is 73.5 Å². The van der Waals surface area contributed by atoms with E-state index in [0.29, 0.717) is 39.9 Å². The number of aryl methyl sites for hydroxylation is 1. The SMILES string of the molecule is CCOc1cc(/C=C(\C#N)C(=O)Nc2c(C)cccc2Cl)ccc1OC(=O)c1ccc(OC)cc1. The number of methoxy groups -OCH3 is 1. The molecule has 35 heavy (non-hydrogen) atoms. The first-order valence-electron chi connectivity index (χ1n) is 10.7. The van der Waals surface area contributed by atoms with Gasteiger partial charge in [0.15, 0.2) is 11.5 Å². The summed E-state index contributed by atoms with van der Waals surface area (Å²) in [6, 6.07) is 18.4. The number of amides is 1. The molecule has 0 saturated heterocycles. The smallest absolute Gasteiger partial charge is 0.343 e. The molecule has 0 spiro atoms. The number of benzene rings is 3. The number of ether oxygens (including phenoxy) is 3. The highest BCUT2D eigenvalue weighted by Crippen LogP contribution is 2.31. The summed E-state index contributed by atoms with van der Waals surface area (Å²) in [6.45, 7) is 3.91. The van der Waals surface area contributed by atoms with E-state index in [0.717, 1.165) is 5.56 Å². The number of carbonyl (C=O) groups excluding carboxylic acids is 2. The predicted molar refractivity (Wildman–Crippen MR) is 134 cm³/mol. The van der Waals surface area contributed by atoms with Gasteiger partial charge in [-0.3, -0.25) is 4.79 Å². The van der Waals surface area contributed by atoms with Gasteiger partial charge in [0.1, 0.15) is 17.4 Å². The van der Waals surface area contributed by atoms with Crippen LogP contribution in [-0.2, 0) is 4.79 Å². The standard InChI is InChI=1S/C27H23ClN2O5/c1-4-34-24-15-18(8-13-23(24)35-27(32)19-9-11-21(33-3)12-10-19)14-20(16-29)26(31)30-25-17(2)6-5-7-22(25)28/h5-15H,4H2,1-3H3,(H,30,31)/b20-14+. The van der Waals surface area contributed by atoms with Crippen LogP contribution < -0.4 is 19.5 Å². The monoisotopic (exact) mass is 490 g/mol. The van der Waals surface area contributed by atoms with Crippen molar-refractivity contribution in [1.82, 2.24) is 0 Å². The van der Waals surface area contributed by atoms with Crippen LogP contribution in [-0.4, -0.2) is 25.6 Å². The van der Waals surface area contributed by atoms with Crippen molar-refractivity contribution in [3.8, 4) is 23.3 Å². The molecule has 0 atom stereocenters. The summed E-state index contributed by atoms with van der Waals surface area (Å²) in [5.74, 6) is -0.0438. The number of rotatable bonds is 8. The fraction of sp³-hybridized carbons (Fsp3) is 0.148. The van der Waals surface area contributed by atoms with Crippen LogP contribution in [0.4, 0.5) is 5.69 Å². The number of nitriles is 1. The van der Waals surface area contributed by atoms with Gasteiger partial charge < -0.3 is 19.5 Å². The van der Waals surface area contributed by atoms with Gasteiger partial charge in [0.2, 0.25) is 0 Å². The first kappa shape index (κ1) is 25.3. The summed E-state index contributed by atoms with van der Waals surface area (Å²) < 4.78 is 16.2. The summed E-state index contributed by atoms with van der Waals surface area (Å²) in [5.41, 5.74) is 1.94. The van der Waals surface area contributed by atoms with Crippen LogP contribution in [0.25, 0.3) is 6.08 Å². The topological polar surface area (TPSA) is 97.6 Å². The number of hydrogen-bond acceptors (Lipinski definition) is 6. The highest BCUT2D eigenvalue weighted by atomic mass is 35.5. The Morgan fingerprint density at radius 3 is 2.46 bits per heavy atom.